The minimum Gasteiger partial charge on any atom is -0.354 e. The van der Waals surface area contributed by atoms with Crippen LogP contribution in [0, 0.1) is 0 Å². The van der Waals surface area contributed by atoms with Gasteiger partial charge < -0.3 is 15.5 Å². The van der Waals surface area contributed by atoms with Crippen molar-refractivity contribution in [3.63, 3.8) is 0 Å². The predicted molar refractivity (Wildman–Crippen MR) is 109 cm³/mol. The third kappa shape index (κ3) is 7.38. The minimum absolute atomic E-state index is 0. The lowest BCUT2D eigenvalue weighted by molar-refractivity contribution is -0.121. The minimum atomic E-state index is 0. The van der Waals surface area contributed by atoms with E-state index in [0.29, 0.717) is 13.0 Å². The van der Waals surface area contributed by atoms with Crippen LogP contribution in [-0.2, 0) is 4.79 Å². The van der Waals surface area contributed by atoms with Crippen LogP contribution in [0.2, 0.25) is 5.02 Å². The van der Waals surface area contributed by atoms with E-state index in [-0.39, 0.29) is 42.8 Å². The molecule has 0 aliphatic carbocycles. The lowest BCUT2D eigenvalue weighted by Gasteiger charge is -2.27. The van der Waals surface area contributed by atoms with Gasteiger partial charge in [0.25, 0.3) is 0 Å². The summed E-state index contributed by atoms with van der Waals surface area (Å²) >= 11 is 8.19. The molecule has 2 N–H and O–H groups in total. The average Bonchev–Trinajstić information content (AvgIpc) is 2.50. The first-order chi connectivity index (χ1) is 10.6. The molecule has 1 heterocycles. The summed E-state index contributed by atoms with van der Waals surface area (Å²) in [6.45, 7) is 1.55. The summed E-state index contributed by atoms with van der Waals surface area (Å²) in [4.78, 5) is 14.2. The molecule has 1 aromatic rings. The van der Waals surface area contributed by atoms with Gasteiger partial charge in [-0.15, -0.1) is 24.8 Å². The fourth-order valence-electron chi connectivity index (χ4n) is 2.57. The van der Waals surface area contributed by atoms with Gasteiger partial charge in [0.05, 0.1) is 6.04 Å². The van der Waals surface area contributed by atoms with E-state index in [1.807, 2.05) is 50.1 Å². The van der Waals surface area contributed by atoms with Crippen molar-refractivity contribution in [2.24, 2.45) is 0 Å². The Hall–Kier alpha value is -0.170. The summed E-state index contributed by atoms with van der Waals surface area (Å²) in [5.41, 5.74) is 1.04. The van der Waals surface area contributed by atoms with Crippen LogP contribution < -0.4 is 10.6 Å². The van der Waals surface area contributed by atoms with Crippen molar-refractivity contribution in [2.75, 3.05) is 38.7 Å². The Bertz CT molecular complexity index is 499. The van der Waals surface area contributed by atoms with Crippen molar-refractivity contribution >= 4 is 54.1 Å². The average molecular weight is 415 g/mol. The number of rotatable bonds is 6. The highest BCUT2D eigenvalue weighted by atomic mass is 35.5. The van der Waals surface area contributed by atoms with Crippen molar-refractivity contribution in [2.45, 2.75) is 18.5 Å². The molecule has 2 atom stereocenters. The van der Waals surface area contributed by atoms with Gasteiger partial charge in [0.1, 0.15) is 0 Å². The maximum atomic E-state index is 12.1. The summed E-state index contributed by atoms with van der Waals surface area (Å²) in [7, 11) is 4.00. The van der Waals surface area contributed by atoms with Crippen LogP contribution in [0.1, 0.15) is 18.0 Å². The number of hydrogen-bond acceptors (Lipinski definition) is 4. The molecule has 1 aliphatic rings. The van der Waals surface area contributed by atoms with Gasteiger partial charge >= 0.3 is 0 Å². The summed E-state index contributed by atoms with van der Waals surface area (Å²) in [6, 6.07) is 8.16. The third-order valence-electron chi connectivity index (χ3n) is 3.81. The van der Waals surface area contributed by atoms with E-state index in [0.717, 1.165) is 28.6 Å². The topological polar surface area (TPSA) is 44.4 Å². The number of nitrogens with one attached hydrogen (secondary N) is 2. The van der Waals surface area contributed by atoms with Crippen LogP contribution in [0.15, 0.2) is 24.3 Å². The van der Waals surface area contributed by atoms with Crippen molar-refractivity contribution in [1.82, 2.24) is 15.5 Å². The zero-order chi connectivity index (χ0) is 15.9. The van der Waals surface area contributed by atoms with Crippen LogP contribution in [0.3, 0.4) is 0 Å². The van der Waals surface area contributed by atoms with Crippen LogP contribution in [0.25, 0.3) is 0 Å². The van der Waals surface area contributed by atoms with Gasteiger partial charge in [0, 0.05) is 42.1 Å². The lowest BCUT2D eigenvalue weighted by atomic mass is 10.1. The molecule has 2 rings (SSSR count). The van der Waals surface area contributed by atoms with Gasteiger partial charge in [-0.05, 0) is 25.7 Å². The second kappa shape index (κ2) is 12.2. The van der Waals surface area contributed by atoms with Gasteiger partial charge in [-0.2, -0.15) is 11.8 Å². The van der Waals surface area contributed by atoms with Crippen LogP contribution in [0.4, 0.5) is 0 Å². The summed E-state index contributed by atoms with van der Waals surface area (Å²) < 4.78 is 0. The van der Waals surface area contributed by atoms with E-state index in [1.165, 1.54) is 0 Å². The lowest BCUT2D eigenvalue weighted by Crippen LogP contribution is -2.42. The van der Waals surface area contributed by atoms with Gasteiger partial charge in [-0.1, -0.05) is 29.8 Å². The Morgan fingerprint density at radius 1 is 1.42 bits per heavy atom. The molecule has 1 aromatic carbocycles. The number of nitrogens with zero attached hydrogens (tertiary/aromatic N) is 1. The standard InChI is InChI=1S/C16H24ClN3OS.2ClH/c1-20(2)15(13-5-3-4-6-14(13)17)10-19-16(21)9-12-11-22-8-7-18-12;;/h3-6,12,15,18H,7-11H2,1-2H3,(H,19,21);2*1H. The van der Waals surface area contributed by atoms with E-state index >= 15 is 0 Å². The Balaban J connectivity index is 0.00000264. The molecular weight excluding hydrogens is 389 g/mol. The van der Waals surface area contributed by atoms with Crippen molar-refractivity contribution < 1.29 is 4.79 Å². The molecule has 1 fully saturated rings. The van der Waals surface area contributed by atoms with Crippen molar-refractivity contribution in [3.05, 3.63) is 34.9 Å². The molecule has 1 aliphatic heterocycles. The molecule has 0 spiro atoms. The van der Waals surface area contributed by atoms with Crippen molar-refractivity contribution in [1.29, 1.82) is 0 Å². The first-order valence-corrected chi connectivity index (χ1v) is 9.10. The monoisotopic (exact) mass is 413 g/mol. The number of halogens is 3. The van der Waals surface area contributed by atoms with Crippen LogP contribution in [0.5, 0.6) is 0 Å². The van der Waals surface area contributed by atoms with Gasteiger partial charge in [-0.3, -0.25) is 4.79 Å². The molecule has 0 aromatic heterocycles. The normalized spacial score (nSPS) is 18.2. The Morgan fingerprint density at radius 2 is 2.12 bits per heavy atom. The number of hydrogen-bond donors (Lipinski definition) is 2. The number of carbonyl (C=O) groups is 1. The first-order valence-electron chi connectivity index (χ1n) is 7.56. The number of carbonyl (C=O) groups excluding carboxylic acids is 1. The second-order valence-corrected chi connectivity index (χ2v) is 7.29. The highest BCUT2D eigenvalue weighted by molar-refractivity contribution is 7.99. The molecule has 1 saturated heterocycles. The number of thioether (sulfide) groups is 1. The van der Waals surface area contributed by atoms with E-state index in [2.05, 4.69) is 15.5 Å². The Kier molecular flexibility index (Phi) is 12.1. The number of benzene rings is 1. The highest BCUT2D eigenvalue weighted by Crippen LogP contribution is 2.25. The predicted octanol–water partition coefficient (Wildman–Crippen LogP) is 3.00. The molecule has 1 amide bonds. The summed E-state index contributed by atoms with van der Waals surface area (Å²) in [5.74, 6) is 2.24. The molecule has 2 unspecified atom stereocenters. The smallest absolute Gasteiger partial charge is 0.221 e. The van der Waals surface area contributed by atoms with E-state index < -0.39 is 0 Å². The summed E-state index contributed by atoms with van der Waals surface area (Å²) in [6.07, 6.45) is 0.537. The molecule has 24 heavy (non-hydrogen) atoms. The van der Waals surface area contributed by atoms with E-state index in [9.17, 15) is 4.79 Å². The van der Waals surface area contributed by atoms with Gasteiger partial charge in [0.2, 0.25) is 5.91 Å². The van der Waals surface area contributed by atoms with E-state index in [4.69, 9.17) is 11.6 Å². The van der Waals surface area contributed by atoms with Crippen LogP contribution in [-0.4, -0.2) is 55.5 Å². The van der Waals surface area contributed by atoms with Gasteiger partial charge in [0.15, 0.2) is 0 Å². The molecule has 0 bridgehead atoms. The Morgan fingerprint density at radius 3 is 2.71 bits per heavy atom. The molecular formula is C16H26Cl3N3OS. The first kappa shape index (κ1) is 23.8. The zero-order valence-corrected chi connectivity index (χ0v) is 17.2. The highest BCUT2D eigenvalue weighted by Gasteiger charge is 2.20. The largest absolute Gasteiger partial charge is 0.354 e. The maximum absolute atomic E-state index is 12.1. The molecule has 0 radical (unpaired) electrons. The van der Waals surface area contributed by atoms with Crippen LogP contribution >= 0.6 is 48.2 Å². The van der Waals surface area contributed by atoms with Gasteiger partial charge in [-0.25, -0.2) is 0 Å². The molecule has 8 heteroatoms. The van der Waals surface area contributed by atoms with E-state index in [1.54, 1.807) is 0 Å². The fraction of sp³-hybridized carbons (Fsp3) is 0.562. The third-order valence-corrected chi connectivity index (χ3v) is 5.29. The Labute approximate surface area is 166 Å². The fourth-order valence-corrected chi connectivity index (χ4v) is 3.78. The number of amides is 1. The molecule has 4 nitrogen and oxygen atoms in total. The maximum Gasteiger partial charge on any atom is 0.221 e. The molecule has 138 valence electrons. The number of likely N-dealkylation sites (N-methyl/N-ethyl adjacent to an activating group) is 1. The SMILES string of the molecule is CN(C)C(CNC(=O)CC1CSCCN1)c1ccccc1Cl.Cl.Cl. The second-order valence-electron chi connectivity index (χ2n) is 5.74. The zero-order valence-electron chi connectivity index (χ0n) is 14.0. The molecule has 0 saturated carbocycles. The quantitative estimate of drug-likeness (QED) is 0.751. The summed E-state index contributed by atoms with van der Waals surface area (Å²) in [5, 5.41) is 7.17. The van der Waals surface area contributed by atoms with Crippen molar-refractivity contribution in [3.8, 4) is 0 Å².